The van der Waals surface area contributed by atoms with Crippen molar-refractivity contribution in [3.63, 3.8) is 0 Å². The Kier molecular flexibility index (Phi) is 8.56. The van der Waals surface area contributed by atoms with Crippen molar-refractivity contribution in [2.45, 2.75) is 51.5 Å². The Morgan fingerprint density at radius 3 is 2.56 bits per heavy atom. The number of rotatable bonds is 4. The molecule has 7 heteroatoms. The van der Waals surface area contributed by atoms with Crippen LogP contribution < -0.4 is 4.74 Å². The Balaban J connectivity index is 1.30. The molecule has 0 unspecified atom stereocenters. The van der Waals surface area contributed by atoms with E-state index in [0.717, 1.165) is 48.8 Å². The Labute approximate surface area is 231 Å². The fourth-order valence-corrected chi connectivity index (χ4v) is 6.29. The van der Waals surface area contributed by atoms with Gasteiger partial charge in [-0.25, -0.2) is 0 Å². The van der Waals surface area contributed by atoms with Gasteiger partial charge >= 0.3 is 0 Å². The van der Waals surface area contributed by atoms with Crippen LogP contribution in [0.2, 0.25) is 0 Å². The van der Waals surface area contributed by atoms with Gasteiger partial charge in [-0.05, 0) is 55.9 Å². The number of carbonyl (C=O) groups is 2. The van der Waals surface area contributed by atoms with E-state index < -0.39 is 5.41 Å². The van der Waals surface area contributed by atoms with E-state index in [1.165, 1.54) is 5.56 Å². The molecule has 7 nitrogen and oxygen atoms in total. The van der Waals surface area contributed by atoms with Gasteiger partial charge in [-0.2, -0.15) is 0 Å². The van der Waals surface area contributed by atoms with Gasteiger partial charge in [0.05, 0.1) is 18.6 Å². The molecular weight excluding hydrogens is 490 g/mol. The molecule has 0 N–H and O–H groups in total. The summed E-state index contributed by atoms with van der Waals surface area (Å²) < 4.78 is 13.5. The van der Waals surface area contributed by atoms with Gasteiger partial charge in [0, 0.05) is 44.7 Å². The lowest BCUT2D eigenvalue weighted by Crippen LogP contribution is -2.51. The lowest BCUT2D eigenvalue weighted by molar-refractivity contribution is -0.144. The number of hydrogen-bond donors (Lipinski definition) is 0. The normalized spacial score (nSPS) is 18.7. The molecule has 1 fully saturated rings. The third-order valence-electron chi connectivity index (χ3n) is 8.62. The first-order valence-electron chi connectivity index (χ1n) is 14.4. The number of carbonyl (C=O) groups excluding carboxylic acids is 2. The maximum Gasteiger partial charge on any atom is 0.270 e. The van der Waals surface area contributed by atoms with Gasteiger partial charge in [0.25, 0.3) is 5.91 Å². The van der Waals surface area contributed by atoms with Crippen molar-refractivity contribution in [1.82, 2.24) is 14.4 Å². The lowest BCUT2D eigenvalue weighted by Gasteiger charge is -2.42. The highest BCUT2D eigenvalue weighted by Crippen LogP contribution is 2.39. The van der Waals surface area contributed by atoms with Gasteiger partial charge < -0.3 is 23.8 Å². The molecule has 2 amide bonds. The van der Waals surface area contributed by atoms with Gasteiger partial charge in [0.2, 0.25) is 5.91 Å². The Morgan fingerprint density at radius 2 is 1.74 bits per heavy atom. The van der Waals surface area contributed by atoms with E-state index in [0.29, 0.717) is 57.9 Å². The standard InChI is InChI=1S/C32H41N3O4/c1-33-20-23-39-29-14-8-6-11-25(29)10-4-3-9-15-32(31(33)37)16-18-34(19-17-32)30(36)28-24-26-12-5-7-13-27(26)35(28)21-22-38-2/h5-8,11-14,24H,3-4,9-10,15-23H2,1-2H3. The molecule has 0 saturated carbocycles. The topological polar surface area (TPSA) is 64.0 Å². The number of benzene rings is 2. The first kappa shape index (κ1) is 27.3. The summed E-state index contributed by atoms with van der Waals surface area (Å²) in [6.45, 7) is 3.37. The number of likely N-dealkylation sites (N-methyl/N-ethyl adjacent to an activating group) is 1. The molecule has 2 aliphatic heterocycles. The Hall–Kier alpha value is -3.32. The van der Waals surface area contributed by atoms with Crippen molar-refractivity contribution >= 4 is 22.7 Å². The van der Waals surface area contributed by atoms with Crippen LogP contribution in [0.1, 0.15) is 54.6 Å². The summed E-state index contributed by atoms with van der Waals surface area (Å²) in [5.74, 6) is 1.16. The maximum absolute atomic E-state index is 13.9. The highest BCUT2D eigenvalue weighted by Gasteiger charge is 2.43. The monoisotopic (exact) mass is 531 g/mol. The summed E-state index contributed by atoms with van der Waals surface area (Å²) in [4.78, 5) is 31.4. The molecule has 0 aliphatic carbocycles. The number of likely N-dealkylation sites (tertiary alicyclic amines) is 1. The molecule has 208 valence electrons. The number of hydrogen-bond acceptors (Lipinski definition) is 4. The number of para-hydroxylation sites is 2. The number of piperidine rings is 1. The van der Waals surface area contributed by atoms with Crippen LogP contribution in [0.25, 0.3) is 10.9 Å². The van der Waals surface area contributed by atoms with Gasteiger partial charge in [-0.3, -0.25) is 9.59 Å². The summed E-state index contributed by atoms with van der Waals surface area (Å²) >= 11 is 0. The average Bonchev–Trinajstić information content (AvgIpc) is 3.34. The first-order valence-corrected chi connectivity index (χ1v) is 14.4. The summed E-state index contributed by atoms with van der Waals surface area (Å²) in [7, 11) is 3.58. The summed E-state index contributed by atoms with van der Waals surface area (Å²) in [6, 6.07) is 18.3. The third-order valence-corrected chi connectivity index (χ3v) is 8.62. The second-order valence-electron chi connectivity index (χ2n) is 11.0. The molecule has 5 rings (SSSR count). The zero-order chi connectivity index (χ0) is 27.2. The average molecular weight is 532 g/mol. The maximum atomic E-state index is 13.9. The van der Waals surface area contributed by atoms with Gasteiger partial charge in [-0.1, -0.05) is 49.2 Å². The fourth-order valence-electron chi connectivity index (χ4n) is 6.29. The largest absolute Gasteiger partial charge is 0.491 e. The Morgan fingerprint density at radius 1 is 0.974 bits per heavy atom. The SMILES string of the molecule is COCCn1c(C(=O)N2CCC3(CCCCCc4ccccc4OCCN(C)C3=O)CC2)cc2ccccc21. The predicted molar refractivity (Wildman–Crippen MR) is 153 cm³/mol. The van der Waals surface area contributed by atoms with E-state index in [1.54, 1.807) is 7.11 Å². The molecule has 0 bridgehead atoms. The number of ether oxygens (including phenoxy) is 2. The van der Waals surface area contributed by atoms with E-state index in [9.17, 15) is 9.59 Å². The third kappa shape index (κ3) is 5.83. The van der Waals surface area contributed by atoms with Gasteiger partial charge in [-0.15, -0.1) is 0 Å². The molecule has 1 spiro atoms. The first-order chi connectivity index (χ1) is 19.0. The molecule has 39 heavy (non-hydrogen) atoms. The minimum Gasteiger partial charge on any atom is -0.491 e. The second-order valence-corrected chi connectivity index (χ2v) is 11.0. The summed E-state index contributed by atoms with van der Waals surface area (Å²) in [5.41, 5.74) is 2.56. The number of aromatic nitrogens is 1. The predicted octanol–water partition coefficient (Wildman–Crippen LogP) is 5.16. The van der Waals surface area contributed by atoms with Crippen LogP contribution in [0.4, 0.5) is 0 Å². The fraction of sp³-hybridized carbons (Fsp3) is 0.500. The quantitative estimate of drug-likeness (QED) is 0.466. The molecule has 2 aromatic carbocycles. The van der Waals surface area contributed by atoms with Crippen molar-refractivity contribution in [2.75, 3.05) is 47.0 Å². The van der Waals surface area contributed by atoms with Gasteiger partial charge in [0.15, 0.2) is 0 Å². The van der Waals surface area contributed by atoms with Crippen molar-refractivity contribution in [3.05, 3.63) is 65.9 Å². The number of nitrogens with zero attached hydrogens (tertiary/aromatic N) is 3. The van der Waals surface area contributed by atoms with E-state index in [4.69, 9.17) is 9.47 Å². The molecular formula is C32H41N3O4. The van der Waals surface area contributed by atoms with E-state index in [-0.39, 0.29) is 11.8 Å². The van der Waals surface area contributed by atoms with E-state index in [1.807, 2.05) is 53.2 Å². The van der Waals surface area contributed by atoms with Crippen LogP contribution in [0.5, 0.6) is 5.75 Å². The van der Waals surface area contributed by atoms with Crippen molar-refractivity contribution < 1.29 is 19.1 Å². The molecule has 3 aromatic rings. The number of aryl methyl sites for hydroxylation is 1. The lowest BCUT2D eigenvalue weighted by atomic mass is 9.73. The van der Waals surface area contributed by atoms with Crippen LogP contribution in [-0.4, -0.2) is 73.2 Å². The van der Waals surface area contributed by atoms with Crippen LogP contribution in [0.3, 0.4) is 0 Å². The molecule has 2 aliphatic rings. The summed E-state index contributed by atoms with van der Waals surface area (Å²) in [6.07, 6.45) is 6.43. The van der Waals surface area contributed by atoms with Crippen molar-refractivity contribution in [1.29, 1.82) is 0 Å². The molecule has 1 aromatic heterocycles. The zero-order valence-corrected chi connectivity index (χ0v) is 23.4. The van der Waals surface area contributed by atoms with Crippen LogP contribution >= 0.6 is 0 Å². The highest BCUT2D eigenvalue weighted by atomic mass is 16.5. The number of methoxy groups -OCH3 is 1. The van der Waals surface area contributed by atoms with Gasteiger partial charge in [0.1, 0.15) is 18.1 Å². The smallest absolute Gasteiger partial charge is 0.270 e. The van der Waals surface area contributed by atoms with E-state index >= 15 is 0 Å². The van der Waals surface area contributed by atoms with E-state index in [2.05, 4.69) is 22.8 Å². The second kappa shape index (κ2) is 12.2. The Bertz CT molecular complexity index is 1290. The molecule has 3 heterocycles. The number of fused-ring (bicyclic) bond motifs is 2. The van der Waals surface area contributed by atoms with Crippen LogP contribution in [0.15, 0.2) is 54.6 Å². The number of amides is 2. The minimum atomic E-state index is -0.421. The van der Waals surface area contributed by atoms with Crippen LogP contribution in [0, 0.1) is 5.41 Å². The van der Waals surface area contributed by atoms with Crippen molar-refractivity contribution in [3.8, 4) is 5.75 Å². The highest BCUT2D eigenvalue weighted by molar-refractivity contribution is 5.99. The summed E-state index contributed by atoms with van der Waals surface area (Å²) in [5, 5.41) is 1.06. The zero-order valence-electron chi connectivity index (χ0n) is 23.4. The van der Waals surface area contributed by atoms with Crippen LogP contribution in [-0.2, 0) is 22.5 Å². The molecule has 1 saturated heterocycles. The molecule has 0 atom stereocenters. The molecule has 0 radical (unpaired) electrons. The minimum absolute atomic E-state index is 0.0359. The van der Waals surface area contributed by atoms with Crippen molar-refractivity contribution in [2.24, 2.45) is 5.41 Å².